The van der Waals surface area contributed by atoms with Crippen molar-refractivity contribution in [3.05, 3.63) is 0 Å². The van der Waals surface area contributed by atoms with E-state index < -0.39 is 66.1 Å². The molecular weight excluding hydrogens is 482 g/mol. The molecule has 0 rings (SSSR count). The first-order chi connectivity index (χ1) is 16.4. The summed E-state index contributed by atoms with van der Waals surface area (Å²) in [5.41, 5.74) is 21.6. The molecule has 0 aliphatic heterocycles. The normalized spacial score (nSPS) is 14.1. The Labute approximate surface area is 208 Å². The van der Waals surface area contributed by atoms with Gasteiger partial charge in [-0.1, -0.05) is 6.42 Å². The second kappa shape index (κ2) is 17.5. The van der Waals surface area contributed by atoms with Gasteiger partial charge in [-0.15, -0.1) is 0 Å². The number of carboxylic acids is 1. The lowest BCUT2D eigenvalue weighted by Gasteiger charge is -2.24. The summed E-state index contributed by atoms with van der Waals surface area (Å²) in [6, 6.07) is -5.00. The Balaban J connectivity index is 5.48. The van der Waals surface area contributed by atoms with Crippen LogP contribution in [0.15, 0.2) is 0 Å². The van der Waals surface area contributed by atoms with Gasteiger partial charge in [-0.2, -0.15) is 11.8 Å². The van der Waals surface area contributed by atoms with Crippen LogP contribution < -0.4 is 38.9 Å². The second-order valence-electron chi connectivity index (χ2n) is 7.87. The van der Waals surface area contributed by atoms with Gasteiger partial charge in [0.2, 0.25) is 29.5 Å². The predicted molar refractivity (Wildman–Crippen MR) is 130 cm³/mol. The van der Waals surface area contributed by atoms with Crippen molar-refractivity contribution in [2.24, 2.45) is 22.9 Å². The molecule has 0 heterocycles. The number of carboxylic acid groups (broad SMARTS) is 1. The van der Waals surface area contributed by atoms with Gasteiger partial charge in [0.15, 0.2) is 0 Å². The summed E-state index contributed by atoms with van der Waals surface area (Å²) in [6.07, 6.45) is 2.35. The van der Waals surface area contributed by atoms with E-state index in [-0.39, 0.29) is 19.3 Å². The highest BCUT2D eigenvalue weighted by Gasteiger charge is 2.31. The molecular formula is C20H37N7O7S. The van der Waals surface area contributed by atoms with E-state index in [4.69, 9.17) is 22.9 Å². The minimum atomic E-state index is -1.51. The van der Waals surface area contributed by atoms with Gasteiger partial charge in [-0.3, -0.25) is 24.0 Å². The first-order valence-electron chi connectivity index (χ1n) is 11.1. The third-order valence-electron chi connectivity index (χ3n) is 4.88. The number of rotatable bonds is 19. The van der Waals surface area contributed by atoms with Crippen molar-refractivity contribution in [3.8, 4) is 0 Å². The number of carbonyl (C=O) groups excluding carboxylic acids is 5. The second-order valence-corrected chi connectivity index (χ2v) is 8.86. The Morgan fingerprint density at radius 2 is 1.37 bits per heavy atom. The lowest BCUT2D eigenvalue weighted by Crippen LogP contribution is -2.57. The highest BCUT2D eigenvalue weighted by Crippen LogP contribution is 2.05. The van der Waals surface area contributed by atoms with Crippen LogP contribution in [0.4, 0.5) is 0 Å². The van der Waals surface area contributed by atoms with Crippen molar-refractivity contribution in [3.63, 3.8) is 0 Å². The van der Waals surface area contributed by atoms with Crippen LogP contribution in [0.25, 0.3) is 0 Å². The molecule has 15 heteroatoms. The van der Waals surface area contributed by atoms with Crippen molar-refractivity contribution < 1.29 is 33.9 Å². The van der Waals surface area contributed by atoms with Crippen LogP contribution >= 0.6 is 11.8 Å². The summed E-state index contributed by atoms with van der Waals surface area (Å²) in [7, 11) is 0. The number of primary amides is 2. The maximum Gasteiger partial charge on any atom is 0.326 e. The van der Waals surface area contributed by atoms with Gasteiger partial charge >= 0.3 is 5.97 Å². The van der Waals surface area contributed by atoms with Crippen LogP contribution in [-0.2, 0) is 28.8 Å². The summed E-state index contributed by atoms with van der Waals surface area (Å²) in [5.74, 6) is -5.00. The van der Waals surface area contributed by atoms with Crippen molar-refractivity contribution in [2.75, 3.05) is 18.6 Å². The summed E-state index contributed by atoms with van der Waals surface area (Å²) >= 11 is 1.38. The number of amides is 5. The Kier molecular flexibility index (Phi) is 16.1. The van der Waals surface area contributed by atoms with Crippen LogP contribution in [-0.4, -0.2) is 83.3 Å². The zero-order chi connectivity index (χ0) is 27.0. The molecule has 14 nitrogen and oxygen atoms in total. The molecule has 12 N–H and O–H groups in total. The number of nitrogens with one attached hydrogen (secondary N) is 3. The molecule has 0 aliphatic carbocycles. The maximum atomic E-state index is 12.9. The van der Waals surface area contributed by atoms with Gasteiger partial charge in [-0.25, -0.2) is 4.79 Å². The fourth-order valence-electron chi connectivity index (χ4n) is 2.92. The van der Waals surface area contributed by atoms with Gasteiger partial charge in [0.1, 0.15) is 18.1 Å². The van der Waals surface area contributed by atoms with Gasteiger partial charge in [0, 0.05) is 6.42 Å². The quantitative estimate of drug-likeness (QED) is 0.0795. The lowest BCUT2D eigenvalue weighted by molar-refractivity contribution is -0.142. The summed E-state index contributed by atoms with van der Waals surface area (Å²) in [5, 5.41) is 16.3. The standard InChI is InChI=1S/C20H37N7O7S/c1-35-9-7-13(20(33)34)26-19(32)14(10-16(24)29)27-18(31)12(5-6-15(23)28)25-17(30)11(22)4-2-3-8-21/h11-14H,2-10,21-22H2,1H3,(H2,23,28)(H2,24,29)(H,25,30)(H,26,32)(H,27,31)(H,33,34). The fraction of sp³-hybridized carbons (Fsp3) is 0.700. The van der Waals surface area contributed by atoms with Crippen molar-refractivity contribution >= 4 is 47.3 Å². The molecule has 0 saturated heterocycles. The fourth-order valence-corrected chi connectivity index (χ4v) is 3.39. The van der Waals surface area contributed by atoms with E-state index in [2.05, 4.69) is 16.0 Å². The van der Waals surface area contributed by atoms with E-state index in [0.29, 0.717) is 31.6 Å². The van der Waals surface area contributed by atoms with E-state index in [1.165, 1.54) is 11.8 Å². The van der Waals surface area contributed by atoms with E-state index in [0.717, 1.165) is 0 Å². The van der Waals surface area contributed by atoms with Crippen LogP contribution in [0.1, 0.15) is 44.9 Å². The minimum absolute atomic E-state index is 0.110. The van der Waals surface area contributed by atoms with Gasteiger partial charge in [0.25, 0.3) is 0 Å². The first-order valence-corrected chi connectivity index (χ1v) is 12.5. The van der Waals surface area contributed by atoms with Crippen molar-refractivity contribution in [2.45, 2.75) is 69.1 Å². The summed E-state index contributed by atoms with van der Waals surface area (Å²) < 4.78 is 0. The zero-order valence-corrected chi connectivity index (χ0v) is 20.6. The lowest BCUT2D eigenvalue weighted by atomic mass is 10.1. The third kappa shape index (κ3) is 14.2. The van der Waals surface area contributed by atoms with E-state index in [1.54, 1.807) is 6.26 Å². The highest BCUT2D eigenvalue weighted by atomic mass is 32.2. The molecule has 4 unspecified atom stereocenters. The Hall–Kier alpha value is -2.91. The molecule has 0 aromatic heterocycles. The van der Waals surface area contributed by atoms with Crippen LogP contribution in [0.5, 0.6) is 0 Å². The third-order valence-corrected chi connectivity index (χ3v) is 5.53. The van der Waals surface area contributed by atoms with Gasteiger partial charge in [-0.05, 0) is 44.2 Å². The molecule has 0 aromatic rings. The largest absolute Gasteiger partial charge is 0.480 e. The highest BCUT2D eigenvalue weighted by molar-refractivity contribution is 7.98. The molecule has 0 aliphatic rings. The van der Waals surface area contributed by atoms with E-state index in [1.807, 2.05) is 0 Å². The molecule has 0 aromatic carbocycles. The zero-order valence-electron chi connectivity index (χ0n) is 19.8. The number of unbranched alkanes of at least 4 members (excludes halogenated alkanes) is 1. The molecule has 0 radical (unpaired) electrons. The monoisotopic (exact) mass is 519 g/mol. The number of carbonyl (C=O) groups is 6. The Morgan fingerprint density at radius 1 is 0.800 bits per heavy atom. The Morgan fingerprint density at radius 3 is 1.89 bits per heavy atom. The SMILES string of the molecule is CSCCC(NC(=O)C(CC(N)=O)NC(=O)C(CCC(N)=O)NC(=O)C(N)CCCCN)C(=O)O. The van der Waals surface area contributed by atoms with Crippen molar-refractivity contribution in [1.29, 1.82) is 0 Å². The minimum Gasteiger partial charge on any atom is -0.480 e. The summed E-state index contributed by atoms with van der Waals surface area (Å²) in [6.45, 7) is 0.432. The molecule has 200 valence electrons. The molecule has 0 saturated carbocycles. The van der Waals surface area contributed by atoms with Crippen LogP contribution in [0, 0.1) is 0 Å². The molecule has 0 spiro atoms. The van der Waals surface area contributed by atoms with Crippen LogP contribution in [0.3, 0.4) is 0 Å². The number of thioether (sulfide) groups is 1. The molecule has 4 atom stereocenters. The number of hydrogen-bond donors (Lipinski definition) is 8. The number of hydrogen-bond acceptors (Lipinski definition) is 9. The first kappa shape index (κ1) is 32.1. The average Bonchev–Trinajstić information content (AvgIpc) is 2.77. The van der Waals surface area contributed by atoms with Gasteiger partial charge in [0.05, 0.1) is 12.5 Å². The van der Waals surface area contributed by atoms with E-state index >= 15 is 0 Å². The predicted octanol–water partition coefficient (Wildman–Crippen LogP) is -3.12. The Bertz CT molecular complexity index is 753. The number of nitrogens with two attached hydrogens (primary N) is 4. The van der Waals surface area contributed by atoms with E-state index in [9.17, 15) is 33.9 Å². The molecule has 0 bridgehead atoms. The molecule has 35 heavy (non-hydrogen) atoms. The molecule has 5 amide bonds. The average molecular weight is 520 g/mol. The number of aliphatic carboxylic acids is 1. The van der Waals surface area contributed by atoms with Crippen molar-refractivity contribution in [1.82, 2.24) is 16.0 Å². The topological polar surface area (TPSA) is 263 Å². The molecule has 0 fully saturated rings. The smallest absolute Gasteiger partial charge is 0.326 e. The summed E-state index contributed by atoms with van der Waals surface area (Å²) in [4.78, 5) is 72.1. The van der Waals surface area contributed by atoms with Crippen LogP contribution in [0.2, 0.25) is 0 Å². The maximum absolute atomic E-state index is 12.9. The van der Waals surface area contributed by atoms with Gasteiger partial charge < -0.3 is 44.0 Å².